The van der Waals surface area contributed by atoms with E-state index in [2.05, 4.69) is 26.2 Å². The van der Waals surface area contributed by atoms with Crippen LogP contribution in [0.4, 0.5) is 10.1 Å². The van der Waals surface area contributed by atoms with Crippen LogP contribution in [0.1, 0.15) is 13.8 Å². The van der Waals surface area contributed by atoms with Gasteiger partial charge in [-0.1, -0.05) is 15.9 Å². The normalized spacial score (nSPS) is 12.5. The minimum Gasteiger partial charge on any atom is -0.321 e. The zero-order valence-corrected chi connectivity index (χ0v) is 11.1. The number of halogens is 2. The molecule has 1 amide bonds. The Balaban J connectivity index is 2.69. The first-order chi connectivity index (χ1) is 7.99. The fourth-order valence-electron chi connectivity index (χ4n) is 0.999. The predicted molar refractivity (Wildman–Crippen MR) is 70.8 cm³/mol. The van der Waals surface area contributed by atoms with Crippen LogP contribution in [-0.4, -0.2) is 11.6 Å². The van der Waals surface area contributed by atoms with Crippen molar-refractivity contribution in [1.29, 1.82) is 0 Å². The molecule has 0 radical (unpaired) electrons. The Morgan fingerprint density at radius 1 is 1.35 bits per heavy atom. The second-order valence-electron chi connectivity index (χ2n) is 3.39. The topological polar surface area (TPSA) is 41.5 Å². The van der Waals surface area contributed by atoms with Gasteiger partial charge >= 0.3 is 0 Å². The summed E-state index contributed by atoms with van der Waals surface area (Å²) in [4.78, 5) is 15.6. The van der Waals surface area contributed by atoms with Gasteiger partial charge in [-0.05, 0) is 38.1 Å². The van der Waals surface area contributed by atoms with Gasteiger partial charge in [-0.25, -0.2) is 4.39 Å². The van der Waals surface area contributed by atoms with Gasteiger partial charge in [-0.15, -0.1) is 0 Å². The van der Waals surface area contributed by atoms with Crippen LogP contribution >= 0.6 is 15.9 Å². The largest absolute Gasteiger partial charge is 0.321 e. The highest BCUT2D eigenvalue weighted by atomic mass is 79.9. The van der Waals surface area contributed by atoms with Crippen molar-refractivity contribution in [1.82, 2.24) is 0 Å². The van der Waals surface area contributed by atoms with E-state index in [1.54, 1.807) is 13.1 Å². The number of hydrogen-bond donors (Lipinski definition) is 1. The van der Waals surface area contributed by atoms with E-state index in [1.807, 2.05) is 6.92 Å². The lowest BCUT2D eigenvalue weighted by Crippen LogP contribution is -2.19. The van der Waals surface area contributed by atoms with Crippen molar-refractivity contribution in [2.45, 2.75) is 13.8 Å². The van der Waals surface area contributed by atoms with E-state index in [-0.39, 0.29) is 11.7 Å². The average Bonchev–Trinajstić information content (AvgIpc) is 2.28. The molecule has 0 atom stereocenters. The number of rotatable bonds is 3. The number of amides is 1. The summed E-state index contributed by atoms with van der Waals surface area (Å²) >= 11 is 3.21. The van der Waals surface area contributed by atoms with E-state index >= 15 is 0 Å². The quantitative estimate of drug-likeness (QED) is 0.853. The Kier molecular flexibility index (Phi) is 5.03. The summed E-state index contributed by atoms with van der Waals surface area (Å²) in [6.45, 7) is 3.42. The summed E-state index contributed by atoms with van der Waals surface area (Å²) in [5.41, 5.74) is 0.860. The van der Waals surface area contributed by atoms with E-state index in [9.17, 15) is 9.18 Å². The summed E-state index contributed by atoms with van der Waals surface area (Å²) in [6, 6.07) is 5.55. The van der Waals surface area contributed by atoms with Gasteiger partial charge in [-0.3, -0.25) is 9.79 Å². The molecule has 5 heteroatoms. The van der Waals surface area contributed by atoms with Gasteiger partial charge in [0.25, 0.3) is 5.91 Å². The Morgan fingerprint density at radius 2 is 1.94 bits per heavy atom. The molecule has 0 fully saturated rings. The zero-order valence-electron chi connectivity index (χ0n) is 9.50. The van der Waals surface area contributed by atoms with Crippen LogP contribution in [0, 0.1) is 5.82 Å². The Hall–Kier alpha value is -1.49. The summed E-state index contributed by atoms with van der Waals surface area (Å²) in [6.07, 6.45) is 1.54. The number of nitrogens with zero attached hydrogens (tertiary/aromatic N) is 1. The molecule has 1 rings (SSSR count). The number of anilines is 1. The monoisotopic (exact) mass is 298 g/mol. The number of hydrogen-bond acceptors (Lipinski definition) is 2. The van der Waals surface area contributed by atoms with E-state index in [0.717, 1.165) is 4.48 Å². The molecule has 0 aliphatic carbocycles. The lowest BCUT2D eigenvalue weighted by molar-refractivity contribution is -0.110. The molecule has 0 spiro atoms. The number of aliphatic imine (C=N–C) groups is 1. The van der Waals surface area contributed by atoms with Gasteiger partial charge in [0.2, 0.25) is 0 Å². The number of carbonyl (C=O) groups excluding carboxylic acids is 1. The highest BCUT2D eigenvalue weighted by molar-refractivity contribution is 9.11. The molecule has 1 N–H and O–H groups in total. The highest BCUT2D eigenvalue weighted by Gasteiger charge is 2.05. The van der Waals surface area contributed by atoms with Crippen molar-refractivity contribution in [3.05, 3.63) is 40.8 Å². The second kappa shape index (κ2) is 6.30. The molecular formula is C12H12BrFN2O. The van der Waals surface area contributed by atoms with Crippen molar-refractivity contribution in [3.63, 3.8) is 0 Å². The fourth-order valence-corrected chi connectivity index (χ4v) is 1.10. The molecule has 1 aromatic carbocycles. The van der Waals surface area contributed by atoms with Crippen molar-refractivity contribution in [3.8, 4) is 0 Å². The molecule has 17 heavy (non-hydrogen) atoms. The third kappa shape index (κ3) is 4.91. The fraction of sp³-hybridized carbons (Fsp3) is 0.167. The van der Waals surface area contributed by atoms with Gasteiger partial charge in [0.05, 0.1) is 0 Å². The standard InChI is InChI=1S/C12H12BrFN2O/c1-8(13)7-15-9(2)12(17)16-11-5-3-10(14)4-6-11/h3-7H,1-2H3,(H,16,17)/b8-7+,15-9?. The first-order valence-electron chi connectivity index (χ1n) is 4.92. The molecule has 0 saturated heterocycles. The average molecular weight is 299 g/mol. The van der Waals surface area contributed by atoms with Gasteiger partial charge in [0.1, 0.15) is 11.5 Å². The predicted octanol–water partition coefficient (Wildman–Crippen LogP) is 3.48. The zero-order chi connectivity index (χ0) is 12.8. The van der Waals surface area contributed by atoms with Crippen LogP contribution in [0.2, 0.25) is 0 Å². The maximum atomic E-state index is 12.6. The van der Waals surface area contributed by atoms with Crippen LogP contribution in [-0.2, 0) is 4.79 Å². The molecule has 0 saturated carbocycles. The molecule has 1 aromatic rings. The summed E-state index contributed by atoms with van der Waals surface area (Å²) in [5.74, 6) is -0.659. The number of nitrogens with one attached hydrogen (secondary N) is 1. The molecule has 0 bridgehead atoms. The van der Waals surface area contributed by atoms with E-state index in [4.69, 9.17) is 0 Å². The minimum atomic E-state index is -0.341. The van der Waals surface area contributed by atoms with Crippen LogP contribution in [0.25, 0.3) is 0 Å². The molecule has 0 unspecified atom stereocenters. The van der Waals surface area contributed by atoms with E-state index in [1.165, 1.54) is 24.3 Å². The minimum absolute atomic E-state index is 0.318. The summed E-state index contributed by atoms with van der Waals surface area (Å²) < 4.78 is 13.5. The molecule has 0 heterocycles. The van der Waals surface area contributed by atoms with Gasteiger partial charge in [-0.2, -0.15) is 0 Å². The first-order valence-corrected chi connectivity index (χ1v) is 5.72. The molecule has 90 valence electrons. The highest BCUT2D eigenvalue weighted by Crippen LogP contribution is 2.08. The summed E-state index contributed by atoms with van der Waals surface area (Å²) in [5, 5.41) is 2.61. The third-order valence-electron chi connectivity index (χ3n) is 1.87. The first kappa shape index (κ1) is 13.6. The lowest BCUT2D eigenvalue weighted by Gasteiger charge is -2.03. The number of allylic oxidation sites excluding steroid dienone is 1. The van der Waals surface area contributed by atoms with Crippen LogP contribution in [0.3, 0.4) is 0 Å². The number of benzene rings is 1. The second-order valence-corrected chi connectivity index (χ2v) is 4.64. The molecule has 0 aliphatic heterocycles. The maximum absolute atomic E-state index is 12.6. The van der Waals surface area contributed by atoms with Crippen LogP contribution < -0.4 is 5.32 Å². The van der Waals surface area contributed by atoms with Crippen molar-refractivity contribution >= 4 is 33.2 Å². The van der Waals surface area contributed by atoms with E-state index in [0.29, 0.717) is 11.4 Å². The van der Waals surface area contributed by atoms with Crippen molar-refractivity contribution < 1.29 is 9.18 Å². The SMILES string of the molecule is CC(=N/C=C(\C)Br)C(=O)Nc1ccc(F)cc1. The third-order valence-corrected chi connectivity index (χ3v) is 2.07. The lowest BCUT2D eigenvalue weighted by atomic mass is 10.3. The molecule has 0 aromatic heterocycles. The van der Waals surface area contributed by atoms with Crippen LogP contribution in [0.15, 0.2) is 39.9 Å². The van der Waals surface area contributed by atoms with Crippen molar-refractivity contribution in [2.24, 2.45) is 4.99 Å². The van der Waals surface area contributed by atoms with Crippen molar-refractivity contribution in [2.75, 3.05) is 5.32 Å². The Bertz CT molecular complexity index is 462. The molecule has 0 aliphatic rings. The Labute approximate surface area is 108 Å². The van der Waals surface area contributed by atoms with Crippen LogP contribution in [0.5, 0.6) is 0 Å². The van der Waals surface area contributed by atoms with Gasteiger partial charge in [0, 0.05) is 16.4 Å². The summed E-state index contributed by atoms with van der Waals surface area (Å²) in [7, 11) is 0. The van der Waals surface area contributed by atoms with Gasteiger partial charge in [0.15, 0.2) is 0 Å². The molecular weight excluding hydrogens is 287 g/mol. The maximum Gasteiger partial charge on any atom is 0.269 e. The smallest absolute Gasteiger partial charge is 0.269 e. The number of carbonyl (C=O) groups is 1. The molecule has 3 nitrogen and oxygen atoms in total. The van der Waals surface area contributed by atoms with E-state index < -0.39 is 0 Å². The Morgan fingerprint density at radius 3 is 2.47 bits per heavy atom. The van der Waals surface area contributed by atoms with Gasteiger partial charge < -0.3 is 5.32 Å².